The van der Waals surface area contributed by atoms with Crippen LogP contribution in [-0.2, 0) is 11.3 Å². The molecule has 0 saturated heterocycles. The molecule has 0 atom stereocenters. The number of hydrogen-bond acceptors (Lipinski definition) is 1. The molecule has 0 aliphatic heterocycles. The average Bonchev–Trinajstić information content (AvgIpc) is 2.91. The van der Waals surface area contributed by atoms with E-state index in [0.29, 0.717) is 16.6 Å². The van der Waals surface area contributed by atoms with Crippen LogP contribution >= 0.6 is 23.2 Å². The summed E-state index contributed by atoms with van der Waals surface area (Å²) in [5.41, 5.74) is 1.78. The summed E-state index contributed by atoms with van der Waals surface area (Å²) >= 11 is 11.7. The van der Waals surface area contributed by atoms with Crippen molar-refractivity contribution in [3.8, 4) is 0 Å². The largest absolute Gasteiger partial charge is 0.364 e. The number of nitrogens with one attached hydrogen (secondary N) is 2. The number of carbonyl (C=O) groups is 1. The molecule has 2 rings (SSSR count). The normalized spacial score (nSPS) is 10.8. The van der Waals surface area contributed by atoms with Gasteiger partial charge in [0.15, 0.2) is 0 Å². The summed E-state index contributed by atoms with van der Waals surface area (Å²) in [5.74, 6) is -0.166. The van der Waals surface area contributed by atoms with E-state index in [-0.39, 0.29) is 5.91 Å². The quantitative estimate of drug-likeness (QED) is 0.831. The van der Waals surface area contributed by atoms with E-state index < -0.39 is 0 Å². The second kappa shape index (κ2) is 6.45. The van der Waals surface area contributed by atoms with Gasteiger partial charge in [0.05, 0.1) is 16.6 Å². The lowest BCUT2D eigenvalue weighted by Crippen LogP contribution is -2.20. The Balaban J connectivity index is 1.90. The summed E-state index contributed by atoms with van der Waals surface area (Å²) in [6.07, 6.45) is 4.96. The van der Waals surface area contributed by atoms with Gasteiger partial charge in [-0.25, -0.2) is 0 Å². The van der Waals surface area contributed by atoms with Crippen molar-refractivity contribution in [3.05, 3.63) is 63.9 Å². The molecular formula is C14H12Cl2N2O. The number of H-pyrrole nitrogens is 1. The van der Waals surface area contributed by atoms with Crippen LogP contribution in [0.4, 0.5) is 0 Å². The summed E-state index contributed by atoms with van der Waals surface area (Å²) in [4.78, 5) is 14.6. The van der Waals surface area contributed by atoms with Gasteiger partial charge in [0.25, 0.3) is 0 Å². The van der Waals surface area contributed by atoms with Crippen molar-refractivity contribution in [3.63, 3.8) is 0 Å². The molecule has 5 heteroatoms. The van der Waals surface area contributed by atoms with Crippen molar-refractivity contribution in [2.75, 3.05) is 0 Å². The Labute approximate surface area is 121 Å². The zero-order valence-corrected chi connectivity index (χ0v) is 11.5. The van der Waals surface area contributed by atoms with Crippen molar-refractivity contribution < 1.29 is 4.79 Å². The van der Waals surface area contributed by atoms with Crippen LogP contribution in [0.25, 0.3) is 6.08 Å². The Hall–Kier alpha value is -1.71. The number of hydrogen-bond donors (Lipinski definition) is 2. The van der Waals surface area contributed by atoms with Crippen LogP contribution in [-0.4, -0.2) is 10.9 Å². The fourth-order valence-corrected chi connectivity index (χ4v) is 1.81. The second-order valence-corrected chi connectivity index (χ2v) is 4.73. The maximum Gasteiger partial charge on any atom is 0.244 e. The Morgan fingerprint density at radius 1 is 1.26 bits per heavy atom. The number of halogens is 2. The number of aromatic nitrogens is 1. The molecule has 1 aromatic carbocycles. The number of benzene rings is 1. The van der Waals surface area contributed by atoms with E-state index >= 15 is 0 Å². The topological polar surface area (TPSA) is 44.9 Å². The molecule has 0 bridgehead atoms. The first-order valence-electron chi connectivity index (χ1n) is 5.68. The molecule has 0 aliphatic carbocycles. The van der Waals surface area contributed by atoms with Crippen LogP contribution in [0.2, 0.25) is 10.0 Å². The Kier molecular flexibility index (Phi) is 4.66. The second-order valence-electron chi connectivity index (χ2n) is 3.92. The molecule has 0 radical (unpaired) electrons. The fourth-order valence-electron chi connectivity index (χ4n) is 1.51. The fraction of sp³-hybridized carbons (Fsp3) is 0.0714. The predicted octanol–water partition coefficient (Wildman–Crippen LogP) is 3.65. The molecule has 0 aliphatic rings. The lowest BCUT2D eigenvalue weighted by molar-refractivity contribution is -0.116. The molecule has 2 aromatic rings. The SMILES string of the molecule is O=C(/C=C/c1ccc(Cl)c(Cl)c1)NCc1ccc[nH]1. The first-order valence-corrected chi connectivity index (χ1v) is 6.44. The Morgan fingerprint density at radius 2 is 2.11 bits per heavy atom. The maximum atomic E-state index is 11.6. The number of rotatable bonds is 4. The Morgan fingerprint density at radius 3 is 2.79 bits per heavy atom. The molecule has 0 spiro atoms. The van der Waals surface area contributed by atoms with E-state index in [0.717, 1.165) is 11.3 Å². The maximum absolute atomic E-state index is 11.6. The summed E-state index contributed by atoms with van der Waals surface area (Å²) in [6, 6.07) is 8.98. The zero-order valence-electron chi connectivity index (χ0n) is 9.99. The van der Waals surface area contributed by atoms with Crippen LogP contribution in [0, 0.1) is 0 Å². The van der Waals surface area contributed by atoms with Crippen LogP contribution in [0.3, 0.4) is 0 Å². The van der Waals surface area contributed by atoms with Crippen LogP contribution < -0.4 is 5.32 Å². The molecular weight excluding hydrogens is 283 g/mol. The summed E-state index contributed by atoms with van der Waals surface area (Å²) in [5, 5.41) is 3.73. The Bertz CT molecular complexity index is 591. The molecule has 0 fully saturated rings. The third-order valence-electron chi connectivity index (χ3n) is 2.49. The highest BCUT2D eigenvalue weighted by atomic mass is 35.5. The van der Waals surface area contributed by atoms with Crippen molar-refractivity contribution in [2.45, 2.75) is 6.54 Å². The van der Waals surface area contributed by atoms with Gasteiger partial charge in [-0.1, -0.05) is 29.3 Å². The first kappa shape index (κ1) is 13.7. The van der Waals surface area contributed by atoms with Crippen molar-refractivity contribution in [1.29, 1.82) is 0 Å². The monoisotopic (exact) mass is 294 g/mol. The highest BCUT2D eigenvalue weighted by Gasteiger charge is 1.99. The first-order chi connectivity index (χ1) is 9.15. The molecule has 1 aromatic heterocycles. The van der Waals surface area contributed by atoms with E-state index in [1.54, 1.807) is 24.3 Å². The van der Waals surface area contributed by atoms with Gasteiger partial charge < -0.3 is 10.3 Å². The summed E-state index contributed by atoms with van der Waals surface area (Å²) in [7, 11) is 0. The molecule has 0 unspecified atom stereocenters. The average molecular weight is 295 g/mol. The lowest BCUT2D eigenvalue weighted by atomic mass is 10.2. The zero-order chi connectivity index (χ0) is 13.7. The minimum absolute atomic E-state index is 0.166. The van der Waals surface area contributed by atoms with Gasteiger partial charge >= 0.3 is 0 Å². The van der Waals surface area contributed by atoms with Gasteiger partial charge in [-0.05, 0) is 35.9 Å². The summed E-state index contributed by atoms with van der Waals surface area (Å²) in [6.45, 7) is 0.470. The number of carbonyl (C=O) groups excluding carboxylic acids is 1. The highest BCUT2D eigenvalue weighted by molar-refractivity contribution is 6.42. The number of aromatic amines is 1. The lowest BCUT2D eigenvalue weighted by Gasteiger charge is -2.00. The van der Waals surface area contributed by atoms with Gasteiger partial charge in [-0.2, -0.15) is 0 Å². The van der Waals surface area contributed by atoms with Gasteiger partial charge in [0, 0.05) is 18.0 Å². The van der Waals surface area contributed by atoms with Crippen molar-refractivity contribution in [2.24, 2.45) is 0 Å². The van der Waals surface area contributed by atoms with Gasteiger partial charge in [-0.15, -0.1) is 0 Å². The van der Waals surface area contributed by atoms with Crippen LogP contribution in [0.5, 0.6) is 0 Å². The van der Waals surface area contributed by atoms with Gasteiger partial charge in [0.1, 0.15) is 0 Å². The predicted molar refractivity (Wildman–Crippen MR) is 78.1 cm³/mol. The molecule has 1 amide bonds. The minimum atomic E-state index is -0.166. The van der Waals surface area contributed by atoms with Crippen molar-refractivity contribution >= 4 is 35.2 Å². The smallest absolute Gasteiger partial charge is 0.244 e. The van der Waals surface area contributed by atoms with Gasteiger partial charge in [-0.3, -0.25) is 4.79 Å². The van der Waals surface area contributed by atoms with Crippen molar-refractivity contribution in [1.82, 2.24) is 10.3 Å². The summed E-state index contributed by atoms with van der Waals surface area (Å²) < 4.78 is 0. The van der Waals surface area contributed by atoms with Gasteiger partial charge in [0.2, 0.25) is 5.91 Å². The highest BCUT2D eigenvalue weighted by Crippen LogP contribution is 2.22. The van der Waals surface area contributed by atoms with E-state index in [1.807, 2.05) is 18.3 Å². The van der Waals surface area contributed by atoms with E-state index in [4.69, 9.17) is 23.2 Å². The molecule has 0 saturated carbocycles. The molecule has 98 valence electrons. The minimum Gasteiger partial charge on any atom is -0.364 e. The van der Waals surface area contributed by atoms with Crippen LogP contribution in [0.15, 0.2) is 42.6 Å². The van der Waals surface area contributed by atoms with E-state index in [2.05, 4.69) is 10.3 Å². The van der Waals surface area contributed by atoms with E-state index in [1.165, 1.54) is 6.08 Å². The standard InChI is InChI=1S/C14H12Cl2N2O/c15-12-5-3-10(8-13(12)16)4-6-14(19)18-9-11-2-1-7-17-11/h1-8,17H,9H2,(H,18,19)/b6-4+. The number of amides is 1. The van der Waals surface area contributed by atoms with Crippen LogP contribution in [0.1, 0.15) is 11.3 Å². The third-order valence-corrected chi connectivity index (χ3v) is 3.23. The molecule has 3 nitrogen and oxygen atoms in total. The molecule has 1 heterocycles. The van der Waals surface area contributed by atoms with E-state index in [9.17, 15) is 4.79 Å². The molecule has 19 heavy (non-hydrogen) atoms. The molecule has 2 N–H and O–H groups in total. The third kappa shape index (κ3) is 4.16.